The highest BCUT2D eigenvalue weighted by molar-refractivity contribution is 9.10. The second kappa shape index (κ2) is 4.07. The van der Waals surface area contributed by atoms with Crippen LogP contribution in [-0.2, 0) is 11.3 Å². The maximum Gasteiger partial charge on any atom is 0.325 e. The van der Waals surface area contributed by atoms with Crippen molar-refractivity contribution in [2.75, 3.05) is 0 Å². The SMILES string of the molecule is O=C1NC(C2CC2)(C2CC2)C(=O)N1Cc1cc(Br)no1. The molecule has 0 unspecified atom stereocenters. The molecule has 2 heterocycles. The van der Waals surface area contributed by atoms with Crippen molar-refractivity contribution >= 4 is 27.9 Å². The molecule has 0 spiro atoms. The molecular formula is C13H14BrN3O3. The van der Waals surface area contributed by atoms with E-state index in [2.05, 4.69) is 26.4 Å². The molecule has 3 aliphatic rings. The van der Waals surface area contributed by atoms with Crippen molar-refractivity contribution in [2.24, 2.45) is 11.8 Å². The number of hydrogen-bond acceptors (Lipinski definition) is 4. The number of rotatable bonds is 4. The van der Waals surface area contributed by atoms with Gasteiger partial charge < -0.3 is 9.84 Å². The average Bonchev–Trinajstić information content (AvgIpc) is 3.32. The second-order valence-electron chi connectivity index (χ2n) is 5.85. The van der Waals surface area contributed by atoms with Gasteiger partial charge in [-0.15, -0.1) is 0 Å². The predicted molar refractivity (Wildman–Crippen MR) is 71.5 cm³/mol. The normalized spacial score (nSPS) is 25.1. The largest absolute Gasteiger partial charge is 0.358 e. The van der Waals surface area contributed by atoms with Crippen LogP contribution in [0.3, 0.4) is 0 Å². The molecular weight excluding hydrogens is 326 g/mol. The van der Waals surface area contributed by atoms with E-state index in [0.29, 0.717) is 22.2 Å². The van der Waals surface area contributed by atoms with Gasteiger partial charge in [0.1, 0.15) is 10.1 Å². The quantitative estimate of drug-likeness (QED) is 0.852. The highest BCUT2D eigenvalue weighted by Gasteiger charge is 2.65. The lowest BCUT2D eigenvalue weighted by Crippen LogP contribution is -2.51. The Morgan fingerprint density at radius 3 is 2.50 bits per heavy atom. The Balaban J connectivity index is 1.61. The number of amides is 3. The van der Waals surface area contributed by atoms with E-state index in [-0.39, 0.29) is 18.5 Å². The maximum atomic E-state index is 12.8. The number of nitrogens with zero attached hydrogens (tertiary/aromatic N) is 2. The molecule has 2 aliphatic carbocycles. The summed E-state index contributed by atoms with van der Waals surface area (Å²) in [5, 5.41) is 6.69. The topological polar surface area (TPSA) is 75.4 Å². The van der Waals surface area contributed by atoms with Gasteiger partial charge in [0.2, 0.25) is 0 Å². The Morgan fingerprint density at radius 2 is 2.00 bits per heavy atom. The van der Waals surface area contributed by atoms with Crippen LogP contribution in [-0.4, -0.2) is 27.5 Å². The third-order valence-corrected chi connectivity index (χ3v) is 4.82. The zero-order chi connectivity index (χ0) is 13.9. The zero-order valence-electron chi connectivity index (χ0n) is 10.8. The minimum Gasteiger partial charge on any atom is -0.358 e. The van der Waals surface area contributed by atoms with E-state index in [9.17, 15) is 9.59 Å². The summed E-state index contributed by atoms with van der Waals surface area (Å²) in [6.45, 7) is 0.143. The van der Waals surface area contributed by atoms with Gasteiger partial charge in [-0.2, -0.15) is 0 Å². The monoisotopic (exact) mass is 339 g/mol. The fourth-order valence-corrected chi connectivity index (χ4v) is 3.57. The standard InChI is InChI=1S/C13H14BrN3O3/c14-10-5-9(20-16-10)6-17-11(18)13(7-1-2-7,8-3-4-8)15-12(17)19/h5,7-8H,1-4,6H2,(H,15,19). The molecule has 3 fully saturated rings. The molecule has 0 atom stereocenters. The van der Waals surface area contributed by atoms with Gasteiger partial charge in [-0.1, -0.05) is 5.16 Å². The third-order valence-electron chi connectivity index (χ3n) is 4.44. The number of halogens is 1. The van der Waals surface area contributed by atoms with E-state index < -0.39 is 5.54 Å². The van der Waals surface area contributed by atoms with Crippen LogP contribution in [0.5, 0.6) is 0 Å². The van der Waals surface area contributed by atoms with Crippen molar-refractivity contribution in [3.05, 3.63) is 16.4 Å². The minimum atomic E-state index is -0.631. The number of aromatic nitrogens is 1. The molecule has 4 rings (SSSR count). The highest BCUT2D eigenvalue weighted by Crippen LogP contribution is 2.54. The Hall–Kier alpha value is -1.37. The Kier molecular flexibility index (Phi) is 2.52. The Labute approximate surface area is 124 Å². The summed E-state index contributed by atoms with van der Waals surface area (Å²) in [6, 6.07) is 1.37. The van der Waals surface area contributed by atoms with E-state index in [1.165, 1.54) is 4.90 Å². The molecule has 0 aromatic carbocycles. The molecule has 1 saturated heterocycles. The van der Waals surface area contributed by atoms with Crippen LogP contribution in [0.4, 0.5) is 4.79 Å². The number of urea groups is 1. The van der Waals surface area contributed by atoms with Gasteiger partial charge >= 0.3 is 6.03 Å². The first kappa shape index (κ1) is 12.4. The van der Waals surface area contributed by atoms with Crippen LogP contribution < -0.4 is 5.32 Å². The van der Waals surface area contributed by atoms with Crippen molar-refractivity contribution < 1.29 is 14.1 Å². The third kappa shape index (κ3) is 1.72. The summed E-state index contributed by atoms with van der Waals surface area (Å²) in [6.07, 6.45) is 4.13. The molecule has 1 aliphatic heterocycles. The molecule has 1 aromatic rings. The van der Waals surface area contributed by atoms with E-state index in [1.807, 2.05) is 0 Å². The summed E-state index contributed by atoms with van der Waals surface area (Å²) < 4.78 is 5.64. The number of hydrogen-bond donors (Lipinski definition) is 1. The lowest BCUT2D eigenvalue weighted by atomic mass is 9.87. The number of carbonyl (C=O) groups is 2. The molecule has 1 N–H and O–H groups in total. The smallest absolute Gasteiger partial charge is 0.325 e. The van der Waals surface area contributed by atoms with Crippen LogP contribution in [0, 0.1) is 11.8 Å². The first-order valence-corrected chi connectivity index (χ1v) is 7.66. The summed E-state index contributed by atoms with van der Waals surface area (Å²) >= 11 is 3.19. The summed E-state index contributed by atoms with van der Waals surface area (Å²) in [7, 11) is 0. The Bertz CT molecular complexity index is 579. The zero-order valence-corrected chi connectivity index (χ0v) is 12.4. The van der Waals surface area contributed by atoms with Gasteiger partial charge in [0.15, 0.2) is 5.76 Å². The summed E-state index contributed by atoms with van der Waals surface area (Å²) in [5.41, 5.74) is -0.631. The van der Waals surface area contributed by atoms with Crippen LogP contribution in [0.25, 0.3) is 0 Å². The minimum absolute atomic E-state index is 0.0833. The molecule has 1 aromatic heterocycles. The number of carbonyl (C=O) groups excluding carboxylic acids is 2. The van der Waals surface area contributed by atoms with Crippen molar-refractivity contribution in [1.29, 1.82) is 0 Å². The highest BCUT2D eigenvalue weighted by atomic mass is 79.9. The molecule has 0 radical (unpaired) electrons. The predicted octanol–water partition coefficient (Wildman–Crippen LogP) is 2.05. The van der Waals surface area contributed by atoms with Crippen LogP contribution in [0.2, 0.25) is 0 Å². The summed E-state index contributed by atoms with van der Waals surface area (Å²) in [4.78, 5) is 26.2. The fourth-order valence-electron chi connectivity index (χ4n) is 3.24. The second-order valence-corrected chi connectivity index (χ2v) is 6.67. The van der Waals surface area contributed by atoms with Crippen molar-refractivity contribution in [3.63, 3.8) is 0 Å². The van der Waals surface area contributed by atoms with Crippen molar-refractivity contribution in [3.8, 4) is 0 Å². The first-order valence-electron chi connectivity index (χ1n) is 6.86. The van der Waals surface area contributed by atoms with Crippen molar-refractivity contribution in [2.45, 2.75) is 37.8 Å². The van der Waals surface area contributed by atoms with Gasteiger partial charge in [0, 0.05) is 6.07 Å². The van der Waals surface area contributed by atoms with Gasteiger partial charge in [-0.05, 0) is 53.4 Å². The number of nitrogens with one attached hydrogen (secondary N) is 1. The van der Waals surface area contributed by atoms with Crippen LogP contribution >= 0.6 is 15.9 Å². The van der Waals surface area contributed by atoms with Crippen LogP contribution in [0.1, 0.15) is 31.4 Å². The molecule has 106 valence electrons. The van der Waals surface area contributed by atoms with Gasteiger partial charge in [-0.3, -0.25) is 9.69 Å². The van der Waals surface area contributed by atoms with Gasteiger partial charge in [-0.25, -0.2) is 4.79 Å². The Morgan fingerprint density at radius 1 is 1.35 bits per heavy atom. The molecule has 7 heteroatoms. The lowest BCUT2D eigenvalue weighted by molar-refractivity contribution is -0.133. The van der Waals surface area contributed by atoms with E-state index in [4.69, 9.17) is 4.52 Å². The molecule has 6 nitrogen and oxygen atoms in total. The van der Waals surface area contributed by atoms with Gasteiger partial charge in [0.05, 0.1) is 6.54 Å². The van der Waals surface area contributed by atoms with E-state index >= 15 is 0 Å². The van der Waals surface area contributed by atoms with Crippen molar-refractivity contribution in [1.82, 2.24) is 15.4 Å². The molecule has 0 bridgehead atoms. The number of imide groups is 1. The first-order chi connectivity index (χ1) is 9.61. The fraction of sp³-hybridized carbons (Fsp3) is 0.615. The molecule has 20 heavy (non-hydrogen) atoms. The van der Waals surface area contributed by atoms with Crippen LogP contribution in [0.15, 0.2) is 15.2 Å². The van der Waals surface area contributed by atoms with E-state index in [1.54, 1.807) is 6.07 Å². The van der Waals surface area contributed by atoms with E-state index in [0.717, 1.165) is 25.7 Å². The van der Waals surface area contributed by atoms with Gasteiger partial charge in [0.25, 0.3) is 5.91 Å². The lowest BCUT2D eigenvalue weighted by Gasteiger charge is -2.26. The maximum absolute atomic E-state index is 12.8. The molecule has 2 saturated carbocycles. The summed E-state index contributed by atoms with van der Waals surface area (Å²) in [5.74, 6) is 1.05. The average molecular weight is 340 g/mol. The molecule has 3 amide bonds.